The Bertz CT molecular complexity index is 1860. The number of carbonyl (C=O) groups is 3. The number of rotatable bonds is 4. The summed E-state index contributed by atoms with van der Waals surface area (Å²) in [6.07, 6.45) is 0. The van der Waals surface area contributed by atoms with Crippen LogP contribution in [0.5, 0.6) is 5.75 Å². The van der Waals surface area contributed by atoms with Gasteiger partial charge in [-0.15, -0.1) is 10.2 Å². The molecule has 0 radical (unpaired) electrons. The fraction of sp³-hybridized carbons (Fsp3) is 0.0312. The number of aromatic hydroxyl groups is 1. The average Bonchev–Trinajstić information content (AvgIpc) is 2.96. The summed E-state index contributed by atoms with van der Waals surface area (Å²) in [5, 5.41) is 23.9. The molecule has 5 aromatic rings. The quantitative estimate of drug-likeness (QED) is 0.242. The minimum absolute atomic E-state index is 0.0264. The molecule has 0 spiro atoms. The number of aryl methyl sites for hydroxylation is 1. The van der Waals surface area contributed by atoms with E-state index in [2.05, 4.69) is 15.5 Å². The van der Waals surface area contributed by atoms with Gasteiger partial charge in [0.05, 0.1) is 16.8 Å². The number of nitrogens with zero attached hydrogens (tertiary/aromatic N) is 2. The second-order valence-corrected chi connectivity index (χ2v) is 9.27. The summed E-state index contributed by atoms with van der Waals surface area (Å²) >= 11 is 0. The maximum Gasteiger partial charge on any atom is 0.259 e. The van der Waals surface area contributed by atoms with Gasteiger partial charge in [0.2, 0.25) is 0 Å². The fourth-order valence-electron chi connectivity index (χ4n) is 4.74. The number of nitrogens with one attached hydrogen (secondary N) is 1. The van der Waals surface area contributed by atoms with Crippen LogP contribution >= 0.6 is 0 Å². The first kappa shape index (κ1) is 23.9. The summed E-state index contributed by atoms with van der Waals surface area (Å²) in [6, 6.07) is 27.6. The van der Waals surface area contributed by atoms with Gasteiger partial charge in [-0.2, -0.15) is 0 Å². The summed E-state index contributed by atoms with van der Waals surface area (Å²) in [4.78, 5) is 39.6. The number of phenolic OH excluding ortho intramolecular Hbond substituents is 1. The maximum atomic E-state index is 13.3. The molecule has 0 aromatic heterocycles. The summed E-state index contributed by atoms with van der Waals surface area (Å²) in [6.45, 7) is 1.95. The first-order chi connectivity index (χ1) is 18.9. The van der Waals surface area contributed by atoms with Crippen LogP contribution in [0.3, 0.4) is 0 Å². The molecular formula is C32H21N3O4. The molecule has 5 aromatic carbocycles. The van der Waals surface area contributed by atoms with Gasteiger partial charge < -0.3 is 10.4 Å². The molecule has 0 fully saturated rings. The lowest BCUT2D eigenvalue weighted by molar-refractivity contribution is 0.0979. The van der Waals surface area contributed by atoms with E-state index in [4.69, 9.17) is 0 Å². The molecule has 2 N–H and O–H groups in total. The van der Waals surface area contributed by atoms with Crippen molar-refractivity contribution >= 4 is 45.3 Å². The number of phenols is 1. The Morgan fingerprint density at radius 1 is 0.744 bits per heavy atom. The molecule has 0 atom stereocenters. The number of anilines is 1. The Morgan fingerprint density at radius 2 is 1.41 bits per heavy atom. The Hall–Kier alpha value is -5.43. The monoisotopic (exact) mass is 511 g/mol. The molecule has 7 nitrogen and oxygen atoms in total. The number of amides is 1. The first-order valence-corrected chi connectivity index (χ1v) is 12.3. The summed E-state index contributed by atoms with van der Waals surface area (Å²) in [7, 11) is 0. The van der Waals surface area contributed by atoms with Gasteiger partial charge in [0, 0.05) is 27.8 Å². The number of hydrogen-bond acceptors (Lipinski definition) is 6. The lowest BCUT2D eigenvalue weighted by atomic mass is 9.83. The van der Waals surface area contributed by atoms with Crippen molar-refractivity contribution in [2.75, 3.05) is 5.32 Å². The molecule has 6 rings (SSSR count). The number of benzene rings is 5. The van der Waals surface area contributed by atoms with Crippen molar-refractivity contribution in [2.24, 2.45) is 10.2 Å². The zero-order valence-electron chi connectivity index (χ0n) is 20.8. The Balaban J connectivity index is 1.44. The van der Waals surface area contributed by atoms with E-state index in [1.165, 1.54) is 0 Å². The first-order valence-electron chi connectivity index (χ1n) is 12.3. The average molecular weight is 512 g/mol. The van der Waals surface area contributed by atoms with Gasteiger partial charge in [0.15, 0.2) is 17.3 Å². The van der Waals surface area contributed by atoms with Crippen LogP contribution in [0.15, 0.2) is 107 Å². The van der Waals surface area contributed by atoms with Gasteiger partial charge >= 0.3 is 0 Å². The molecule has 0 unspecified atom stereocenters. The van der Waals surface area contributed by atoms with Gasteiger partial charge in [-0.1, -0.05) is 78.4 Å². The van der Waals surface area contributed by atoms with Crippen LogP contribution in [0.25, 0.3) is 10.8 Å². The highest BCUT2D eigenvalue weighted by Crippen LogP contribution is 2.41. The van der Waals surface area contributed by atoms with E-state index < -0.39 is 5.91 Å². The number of hydrogen-bond donors (Lipinski definition) is 2. The molecular weight excluding hydrogens is 490 g/mol. The van der Waals surface area contributed by atoms with E-state index in [0.717, 1.165) is 5.56 Å². The van der Waals surface area contributed by atoms with E-state index in [0.29, 0.717) is 27.6 Å². The topological polar surface area (TPSA) is 108 Å². The Morgan fingerprint density at radius 3 is 2.18 bits per heavy atom. The van der Waals surface area contributed by atoms with Crippen molar-refractivity contribution in [3.05, 3.63) is 130 Å². The zero-order chi connectivity index (χ0) is 27.1. The largest absolute Gasteiger partial charge is 0.505 e. The summed E-state index contributed by atoms with van der Waals surface area (Å²) in [5.41, 5.74) is 2.99. The summed E-state index contributed by atoms with van der Waals surface area (Å²) in [5.74, 6) is -1.44. The minimum atomic E-state index is -0.506. The molecule has 0 heterocycles. The van der Waals surface area contributed by atoms with Crippen LogP contribution in [-0.4, -0.2) is 22.6 Å². The van der Waals surface area contributed by atoms with Gasteiger partial charge in [0.1, 0.15) is 5.69 Å². The lowest BCUT2D eigenvalue weighted by Gasteiger charge is -2.18. The Labute approximate surface area is 223 Å². The lowest BCUT2D eigenvalue weighted by Crippen LogP contribution is -2.20. The third-order valence-electron chi connectivity index (χ3n) is 6.74. The van der Waals surface area contributed by atoms with E-state index >= 15 is 0 Å². The number of azo groups is 1. The third-order valence-corrected chi connectivity index (χ3v) is 6.74. The van der Waals surface area contributed by atoms with Crippen molar-refractivity contribution in [2.45, 2.75) is 6.92 Å². The number of ketones is 2. The van der Waals surface area contributed by atoms with Crippen LogP contribution in [0.4, 0.5) is 17.1 Å². The van der Waals surface area contributed by atoms with Gasteiger partial charge in [-0.3, -0.25) is 14.4 Å². The van der Waals surface area contributed by atoms with E-state index in [-0.39, 0.29) is 45.4 Å². The van der Waals surface area contributed by atoms with Gasteiger partial charge in [-0.25, -0.2) is 0 Å². The van der Waals surface area contributed by atoms with Crippen molar-refractivity contribution < 1.29 is 19.5 Å². The molecule has 1 aliphatic carbocycles. The molecule has 188 valence electrons. The number of carbonyl (C=O) groups excluding carboxylic acids is 3. The molecule has 0 saturated heterocycles. The smallest absolute Gasteiger partial charge is 0.259 e. The minimum Gasteiger partial charge on any atom is -0.505 e. The normalized spacial score (nSPS) is 12.4. The molecule has 1 aliphatic rings. The molecule has 0 aliphatic heterocycles. The molecule has 1 amide bonds. The van der Waals surface area contributed by atoms with Gasteiger partial charge in [-0.05, 0) is 36.6 Å². The van der Waals surface area contributed by atoms with E-state index in [1.54, 1.807) is 78.9 Å². The second-order valence-electron chi connectivity index (χ2n) is 9.27. The molecule has 7 heteroatoms. The molecule has 0 saturated carbocycles. The highest BCUT2D eigenvalue weighted by molar-refractivity contribution is 6.30. The highest BCUT2D eigenvalue weighted by Gasteiger charge is 2.31. The maximum absolute atomic E-state index is 13.3. The Kier molecular flexibility index (Phi) is 5.81. The molecule has 0 bridgehead atoms. The SMILES string of the molecule is Cc1ccc(NC(=O)c2cc3ccccc3c(N=Nc3cccc4c3C(=O)c3ccccc3C4=O)c2O)cc1. The highest BCUT2D eigenvalue weighted by atomic mass is 16.3. The van der Waals surface area contributed by atoms with Crippen molar-refractivity contribution in [1.82, 2.24) is 0 Å². The summed E-state index contributed by atoms with van der Waals surface area (Å²) < 4.78 is 0. The van der Waals surface area contributed by atoms with Crippen LogP contribution in [0.2, 0.25) is 0 Å². The van der Waals surface area contributed by atoms with E-state index in [1.807, 2.05) is 25.1 Å². The van der Waals surface area contributed by atoms with Crippen molar-refractivity contribution in [3.8, 4) is 5.75 Å². The standard InChI is InChI=1S/C32H21N3O4/c1-18-13-15-20(16-14-18)33-32(39)25-17-19-7-2-3-8-21(19)28(31(25)38)35-34-26-12-6-11-24-27(26)30(37)23-10-5-4-9-22(23)29(24)36/h2-17,38H,1H3,(H,33,39). The van der Waals surface area contributed by atoms with Crippen molar-refractivity contribution in [3.63, 3.8) is 0 Å². The zero-order valence-corrected chi connectivity index (χ0v) is 20.8. The second kappa shape index (κ2) is 9.46. The van der Waals surface area contributed by atoms with Crippen LogP contribution in [0, 0.1) is 6.92 Å². The fourth-order valence-corrected chi connectivity index (χ4v) is 4.74. The predicted molar refractivity (Wildman–Crippen MR) is 149 cm³/mol. The van der Waals surface area contributed by atoms with E-state index in [9.17, 15) is 19.5 Å². The predicted octanol–water partition coefficient (Wildman–Crippen LogP) is 7.30. The van der Waals surface area contributed by atoms with Crippen LogP contribution in [0.1, 0.15) is 47.8 Å². The number of fused-ring (bicyclic) bond motifs is 3. The third kappa shape index (κ3) is 4.16. The van der Waals surface area contributed by atoms with Crippen LogP contribution in [-0.2, 0) is 0 Å². The van der Waals surface area contributed by atoms with Crippen LogP contribution < -0.4 is 5.32 Å². The van der Waals surface area contributed by atoms with Gasteiger partial charge in [0.25, 0.3) is 5.91 Å². The van der Waals surface area contributed by atoms with Crippen molar-refractivity contribution in [1.29, 1.82) is 0 Å². The molecule has 39 heavy (non-hydrogen) atoms.